The minimum absolute atomic E-state index is 0.0916. The molecule has 29 heavy (non-hydrogen) atoms. The van der Waals surface area contributed by atoms with E-state index in [1.807, 2.05) is 4.90 Å². The van der Waals surface area contributed by atoms with Crippen molar-refractivity contribution in [2.24, 2.45) is 11.8 Å². The van der Waals surface area contributed by atoms with Crippen LogP contribution in [-0.2, 0) is 14.4 Å². The maximum atomic E-state index is 12.7. The van der Waals surface area contributed by atoms with Crippen LogP contribution in [0.15, 0.2) is 12.3 Å². The third kappa shape index (κ3) is 4.86. The summed E-state index contributed by atoms with van der Waals surface area (Å²) in [5, 5.41) is 2.62. The molecule has 0 saturated carbocycles. The third-order valence-electron chi connectivity index (χ3n) is 6.13. The van der Waals surface area contributed by atoms with E-state index in [9.17, 15) is 14.4 Å². The number of pyridine rings is 1. The lowest BCUT2D eigenvalue weighted by molar-refractivity contribution is -0.145. The number of carbonyl (C=O) groups is 3. The minimum Gasteiger partial charge on any atom is -0.383 e. The highest BCUT2D eigenvalue weighted by Crippen LogP contribution is 2.31. The summed E-state index contributed by atoms with van der Waals surface area (Å²) >= 11 is 0. The number of anilines is 2. The molecule has 2 saturated heterocycles. The van der Waals surface area contributed by atoms with Gasteiger partial charge in [-0.05, 0) is 56.1 Å². The highest BCUT2D eigenvalue weighted by molar-refractivity contribution is 6.39. The summed E-state index contributed by atoms with van der Waals surface area (Å²) < 4.78 is 0. The highest BCUT2D eigenvalue weighted by Gasteiger charge is 2.37. The van der Waals surface area contributed by atoms with Gasteiger partial charge in [-0.25, -0.2) is 4.98 Å². The number of piperidine rings is 2. The topological polar surface area (TPSA) is 109 Å². The van der Waals surface area contributed by atoms with E-state index in [1.165, 1.54) is 6.20 Å². The summed E-state index contributed by atoms with van der Waals surface area (Å²) in [6.07, 6.45) is 5.29. The summed E-state index contributed by atoms with van der Waals surface area (Å²) in [5.74, 6) is -0.0180. The second-order valence-corrected chi connectivity index (χ2v) is 8.45. The Balaban J connectivity index is 1.64. The number of nitrogen functional groups attached to an aromatic ring is 1. The molecule has 0 bridgehead atoms. The molecule has 2 aliphatic heterocycles. The molecule has 3 amide bonds. The molecule has 8 heteroatoms. The quantitative estimate of drug-likeness (QED) is 0.735. The molecule has 3 N–H and O–H groups in total. The number of rotatable bonds is 2. The van der Waals surface area contributed by atoms with Gasteiger partial charge in [-0.3, -0.25) is 14.4 Å². The fourth-order valence-electron chi connectivity index (χ4n) is 4.52. The zero-order chi connectivity index (χ0) is 21.1. The first-order chi connectivity index (χ1) is 13.8. The predicted molar refractivity (Wildman–Crippen MR) is 111 cm³/mol. The summed E-state index contributed by atoms with van der Waals surface area (Å²) in [6, 6.07) is 1.84. The van der Waals surface area contributed by atoms with Gasteiger partial charge in [0, 0.05) is 32.6 Å². The number of aryl methyl sites for hydroxylation is 1. The molecule has 3 heterocycles. The van der Waals surface area contributed by atoms with Crippen molar-refractivity contribution in [1.29, 1.82) is 0 Å². The second-order valence-electron chi connectivity index (χ2n) is 8.45. The lowest BCUT2D eigenvalue weighted by Crippen LogP contribution is -2.54. The summed E-state index contributed by atoms with van der Waals surface area (Å²) in [6.45, 7) is 7.42. The lowest BCUT2D eigenvalue weighted by Gasteiger charge is -2.45. The molecule has 1 aromatic rings. The van der Waals surface area contributed by atoms with Crippen molar-refractivity contribution in [1.82, 2.24) is 14.8 Å². The number of hydrogen-bond acceptors (Lipinski definition) is 5. The van der Waals surface area contributed by atoms with Crippen LogP contribution in [0.4, 0.5) is 11.5 Å². The van der Waals surface area contributed by atoms with Gasteiger partial charge < -0.3 is 20.9 Å². The van der Waals surface area contributed by atoms with E-state index in [1.54, 1.807) is 24.8 Å². The predicted octanol–water partition coefficient (Wildman–Crippen LogP) is 1.80. The van der Waals surface area contributed by atoms with Crippen LogP contribution in [0.5, 0.6) is 0 Å². The van der Waals surface area contributed by atoms with Crippen LogP contribution in [0.25, 0.3) is 0 Å². The molecule has 1 aromatic heterocycles. The van der Waals surface area contributed by atoms with Gasteiger partial charge in [0.1, 0.15) is 5.82 Å². The molecule has 2 fully saturated rings. The van der Waals surface area contributed by atoms with E-state index in [4.69, 9.17) is 5.73 Å². The van der Waals surface area contributed by atoms with Gasteiger partial charge in [0.05, 0.1) is 11.9 Å². The second kappa shape index (κ2) is 8.80. The van der Waals surface area contributed by atoms with E-state index in [-0.39, 0.29) is 17.9 Å². The van der Waals surface area contributed by atoms with E-state index in [0.29, 0.717) is 30.5 Å². The molecule has 1 unspecified atom stereocenters. The fourth-order valence-corrected chi connectivity index (χ4v) is 4.52. The first-order valence-corrected chi connectivity index (χ1v) is 10.4. The molecule has 3 rings (SSSR count). The monoisotopic (exact) mass is 401 g/mol. The van der Waals surface area contributed by atoms with Crippen molar-refractivity contribution in [3.63, 3.8) is 0 Å². The van der Waals surface area contributed by atoms with Gasteiger partial charge in [-0.15, -0.1) is 0 Å². The number of aromatic nitrogens is 1. The summed E-state index contributed by atoms with van der Waals surface area (Å²) in [4.78, 5) is 45.0. The van der Waals surface area contributed by atoms with E-state index in [2.05, 4.69) is 17.2 Å². The summed E-state index contributed by atoms with van der Waals surface area (Å²) in [7, 11) is 0. The first-order valence-electron chi connectivity index (χ1n) is 10.4. The zero-order valence-electron chi connectivity index (χ0n) is 17.5. The van der Waals surface area contributed by atoms with Crippen LogP contribution in [-0.4, -0.2) is 58.2 Å². The number of amides is 3. The van der Waals surface area contributed by atoms with Crippen molar-refractivity contribution in [3.8, 4) is 0 Å². The Morgan fingerprint density at radius 3 is 2.66 bits per heavy atom. The number of hydrogen-bond donors (Lipinski definition) is 2. The molecule has 0 radical (unpaired) electrons. The number of nitrogens with two attached hydrogens (primary N) is 1. The molecule has 2 aliphatic rings. The zero-order valence-corrected chi connectivity index (χ0v) is 17.5. The summed E-state index contributed by atoms with van der Waals surface area (Å²) in [5.41, 5.74) is 6.89. The SMILES string of the molecule is CC(=O)N1C[C@@H](C)CC[C@@H]1C1CCCN(C(=O)C(=O)Nc2cnc(N)c(C)c2)C1. The number of nitrogens with zero attached hydrogens (tertiary/aromatic N) is 3. The Morgan fingerprint density at radius 1 is 1.21 bits per heavy atom. The van der Waals surface area contributed by atoms with Gasteiger partial charge in [-0.1, -0.05) is 6.92 Å². The van der Waals surface area contributed by atoms with Gasteiger partial charge in [0.25, 0.3) is 0 Å². The Kier molecular flexibility index (Phi) is 6.39. The van der Waals surface area contributed by atoms with Crippen molar-refractivity contribution in [3.05, 3.63) is 17.8 Å². The van der Waals surface area contributed by atoms with E-state index < -0.39 is 11.8 Å². The van der Waals surface area contributed by atoms with E-state index >= 15 is 0 Å². The normalized spacial score (nSPS) is 24.9. The van der Waals surface area contributed by atoms with Crippen molar-refractivity contribution in [2.75, 3.05) is 30.7 Å². The molecular weight excluding hydrogens is 370 g/mol. The van der Waals surface area contributed by atoms with Gasteiger partial charge in [-0.2, -0.15) is 0 Å². The Hall–Kier alpha value is -2.64. The Morgan fingerprint density at radius 2 is 1.97 bits per heavy atom. The third-order valence-corrected chi connectivity index (χ3v) is 6.13. The smallest absolute Gasteiger partial charge is 0.313 e. The van der Waals surface area contributed by atoms with Crippen LogP contribution in [0, 0.1) is 18.8 Å². The van der Waals surface area contributed by atoms with Crippen molar-refractivity contribution >= 4 is 29.2 Å². The van der Waals surface area contributed by atoms with Gasteiger partial charge in [0.2, 0.25) is 5.91 Å². The fraction of sp³-hybridized carbons (Fsp3) is 0.619. The van der Waals surface area contributed by atoms with Gasteiger partial charge >= 0.3 is 11.8 Å². The van der Waals surface area contributed by atoms with Crippen molar-refractivity contribution < 1.29 is 14.4 Å². The maximum absolute atomic E-state index is 12.7. The molecular formula is C21H31N5O3. The average Bonchev–Trinajstić information content (AvgIpc) is 2.70. The molecule has 3 atom stereocenters. The number of nitrogens with one attached hydrogen (secondary N) is 1. The van der Waals surface area contributed by atoms with Crippen LogP contribution < -0.4 is 11.1 Å². The maximum Gasteiger partial charge on any atom is 0.313 e. The largest absolute Gasteiger partial charge is 0.383 e. The molecule has 0 aliphatic carbocycles. The van der Waals surface area contributed by atoms with Crippen LogP contribution >= 0.6 is 0 Å². The number of carbonyl (C=O) groups excluding carboxylic acids is 3. The van der Waals surface area contributed by atoms with Crippen LogP contribution in [0.1, 0.15) is 45.1 Å². The first kappa shape index (κ1) is 21.1. The van der Waals surface area contributed by atoms with Crippen molar-refractivity contribution in [2.45, 2.75) is 52.5 Å². The highest BCUT2D eigenvalue weighted by atomic mass is 16.2. The molecule has 158 valence electrons. The van der Waals surface area contributed by atoms with E-state index in [0.717, 1.165) is 37.8 Å². The number of likely N-dealkylation sites (tertiary alicyclic amines) is 2. The Bertz CT molecular complexity index is 797. The van der Waals surface area contributed by atoms with Gasteiger partial charge in [0.15, 0.2) is 0 Å². The van der Waals surface area contributed by atoms with Crippen LogP contribution in [0.3, 0.4) is 0 Å². The molecule has 0 aromatic carbocycles. The average molecular weight is 402 g/mol. The minimum atomic E-state index is -0.669. The van der Waals surface area contributed by atoms with Crippen LogP contribution in [0.2, 0.25) is 0 Å². The Labute approximate surface area is 171 Å². The lowest BCUT2D eigenvalue weighted by atomic mass is 9.82. The molecule has 0 spiro atoms. The standard InChI is InChI=1S/C21H31N5O3/c1-13-6-7-18(26(11-13)15(3)27)16-5-4-8-25(12-16)21(29)20(28)24-17-9-14(2)19(22)23-10-17/h9-10,13,16,18H,4-8,11-12H2,1-3H3,(H2,22,23)(H,24,28)/t13-,16?,18+/m0/s1. The molecule has 8 nitrogen and oxygen atoms in total.